The number of methoxy groups -OCH3 is 2. The normalized spacial score (nSPS) is 16.6. The van der Waals surface area contributed by atoms with Crippen LogP contribution in [0.15, 0.2) is 24.3 Å². The number of aromatic nitrogens is 1. The van der Waals surface area contributed by atoms with Crippen molar-refractivity contribution in [2.24, 2.45) is 0 Å². The van der Waals surface area contributed by atoms with Gasteiger partial charge in [0.15, 0.2) is 11.5 Å². The molecule has 1 aliphatic rings. The summed E-state index contributed by atoms with van der Waals surface area (Å²) >= 11 is 0. The number of anilines is 2. The minimum absolute atomic E-state index is 0.269. The van der Waals surface area contributed by atoms with Crippen LogP contribution in [-0.4, -0.2) is 38.3 Å². The lowest BCUT2D eigenvalue weighted by molar-refractivity contribution is 0.355. The fraction of sp³-hybridized carbons (Fsp3) is 0.429. The van der Waals surface area contributed by atoms with Crippen molar-refractivity contribution in [2.45, 2.75) is 32.7 Å². The van der Waals surface area contributed by atoms with Crippen LogP contribution >= 0.6 is 0 Å². The second-order valence-corrected chi connectivity index (χ2v) is 6.89. The number of rotatable bonds is 5. The molecule has 6 nitrogen and oxygen atoms in total. The molecule has 0 amide bonds. The summed E-state index contributed by atoms with van der Waals surface area (Å²) in [5, 5.41) is 13.2. The molecule has 1 N–H and O–H groups in total. The van der Waals surface area contributed by atoms with Gasteiger partial charge in [0.05, 0.1) is 19.8 Å². The van der Waals surface area contributed by atoms with Crippen molar-refractivity contribution in [1.29, 1.82) is 5.26 Å². The predicted molar refractivity (Wildman–Crippen MR) is 107 cm³/mol. The van der Waals surface area contributed by atoms with E-state index in [1.807, 2.05) is 38.1 Å². The van der Waals surface area contributed by atoms with E-state index in [0.717, 1.165) is 48.7 Å². The van der Waals surface area contributed by atoms with Gasteiger partial charge in [-0.05, 0) is 50.5 Å². The zero-order chi connectivity index (χ0) is 19.4. The Morgan fingerprint density at radius 3 is 2.67 bits per heavy atom. The van der Waals surface area contributed by atoms with Crippen molar-refractivity contribution in [3.63, 3.8) is 0 Å². The van der Waals surface area contributed by atoms with Gasteiger partial charge in [0.2, 0.25) is 0 Å². The van der Waals surface area contributed by atoms with Gasteiger partial charge in [0.1, 0.15) is 11.9 Å². The minimum Gasteiger partial charge on any atom is -0.493 e. The van der Waals surface area contributed by atoms with Crippen LogP contribution in [0.1, 0.15) is 29.7 Å². The third-order valence-corrected chi connectivity index (χ3v) is 4.91. The third-order valence-electron chi connectivity index (χ3n) is 4.91. The number of nitriles is 1. The summed E-state index contributed by atoms with van der Waals surface area (Å²) in [5.74, 6) is 2.22. The number of ether oxygens (including phenoxy) is 2. The van der Waals surface area contributed by atoms with Crippen LogP contribution in [0.3, 0.4) is 0 Å². The molecule has 1 aliphatic heterocycles. The van der Waals surface area contributed by atoms with Crippen LogP contribution in [0.5, 0.6) is 11.5 Å². The van der Waals surface area contributed by atoms with Gasteiger partial charge >= 0.3 is 0 Å². The van der Waals surface area contributed by atoms with Crippen LogP contribution in [0, 0.1) is 25.2 Å². The lowest BCUT2D eigenvalue weighted by Crippen LogP contribution is -2.43. The molecular weight excluding hydrogens is 340 g/mol. The van der Waals surface area contributed by atoms with Crippen molar-refractivity contribution in [2.75, 3.05) is 37.5 Å². The first-order valence-electron chi connectivity index (χ1n) is 9.17. The smallest absolute Gasteiger partial charge is 0.162 e. The Morgan fingerprint density at radius 1 is 1.19 bits per heavy atom. The number of piperidine rings is 1. The molecule has 3 rings (SSSR count). The molecule has 0 spiro atoms. The number of nitrogens with zero attached hydrogens (tertiary/aromatic N) is 3. The van der Waals surface area contributed by atoms with E-state index in [0.29, 0.717) is 17.1 Å². The zero-order valence-corrected chi connectivity index (χ0v) is 16.4. The average Bonchev–Trinajstić information content (AvgIpc) is 2.67. The van der Waals surface area contributed by atoms with Crippen LogP contribution in [0.2, 0.25) is 0 Å². The molecule has 1 aromatic heterocycles. The summed E-state index contributed by atoms with van der Waals surface area (Å²) in [5.41, 5.74) is 3.59. The molecule has 142 valence electrons. The fourth-order valence-corrected chi connectivity index (χ4v) is 3.63. The van der Waals surface area contributed by atoms with Crippen LogP contribution in [-0.2, 0) is 0 Å². The van der Waals surface area contributed by atoms with Crippen molar-refractivity contribution in [1.82, 2.24) is 4.98 Å². The van der Waals surface area contributed by atoms with Gasteiger partial charge in [-0.1, -0.05) is 0 Å². The summed E-state index contributed by atoms with van der Waals surface area (Å²) in [6, 6.07) is 10.4. The summed E-state index contributed by atoms with van der Waals surface area (Å²) in [4.78, 5) is 6.88. The van der Waals surface area contributed by atoms with Gasteiger partial charge in [0.25, 0.3) is 0 Å². The standard InChI is InChI=1S/C21H26N4O2/c1-14-10-15(2)23-21(18(14)12-22)25-9-5-6-17(13-25)24-16-7-8-19(26-3)20(11-16)27-4/h7-8,10-11,17,24H,5-6,9,13H2,1-4H3/t17-/m1/s1. The van der Waals surface area contributed by atoms with E-state index in [1.165, 1.54) is 0 Å². The molecular formula is C21H26N4O2. The number of aryl methyl sites for hydroxylation is 2. The largest absolute Gasteiger partial charge is 0.493 e. The Kier molecular flexibility index (Phi) is 5.70. The van der Waals surface area contributed by atoms with Gasteiger partial charge in [-0.3, -0.25) is 0 Å². The van der Waals surface area contributed by atoms with Crippen LogP contribution in [0.25, 0.3) is 0 Å². The molecule has 0 aliphatic carbocycles. The maximum atomic E-state index is 9.57. The maximum absolute atomic E-state index is 9.57. The number of pyridine rings is 1. The van der Waals surface area contributed by atoms with Gasteiger partial charge < -0.3 is 19.7 Å². The Balaban J connectivity index is 1.79. The average molecular weight is 366 g/mol. The van der Waals surface area contributed by atoms with E-state index in [4.69, 9.17) is 9.47 Å². The monoisotopic (exact) mass is 366 g/mol. The summed E-state index contributed by atoms with van der Waals surface area (Å²) in [6.07, 6.45) is 2.11. The molecule has 2 aromatic rings. The highest BCUT2D eigenvalue weighted by Gasteiger charge is 2.24. The van der Waals surface area contributed by atoms with E-state index in [1.54, 1.807) is 14.2 Å². The molecule has 1 saturated heterocycles. The van der Waals surface area contributed by atoms with E-state index >= 15 is 0 Å². The molecule has 0 bridgehead atoms. The van der Waals surface area contributed by atoms with Crippen molar-refractivity contribution in [3.8, 4) is 17.6 Å². The summed E-state index contributed by atoms with van der Waals surface area (Å²) < 4.78 is 10.7. The third kappa shape index (κ3) is 4.08. The number of benzene rings is 1. The van der Waals surface area contributed by atoms with Gasteiger partial charge in [0, 0.05) is 36.6 Å². The van der Waals surface area contributed by atoms with Crippen LogP contribution in [0.4, 0.5) is 11.5 Å². The van der Waals surface area contributed by atoms with E-state index in [-0.39, 0.29) is 6.04 Å². The summed E-state index contributed by atoms with van der Waals surface area (Å²) in [7, 11) is 3.27. The highest BCUT2D eigenvalue weighted by Crippen LogP contribution is 2.31. The SMILES string of the molecule is COc1ccc(N[C@@H]2CCCN(c3nc(C)cc(C)c3C#N)C2)cc1OC. The lowest BCUT2D eigenvalue weighted by Gasteiger charge is -2.35. The second kappa shape index (κ2) is 8.17. The van der Waals surface area contributed by atoms with Crippen LogP contribution < -0.4 is 19.7 Å². The quantitative estimate of drug-likeness (QED) is 0.871. The van der Waals surface area contributed by atoms with E-state index in [2.05, 4.69) is 21.3 Å². The Bertz CT molecular complexity index is 860. The van der Waals surface area contributed by atoms with Gasteiger partial charge in [-0.2, -0.15) is 5.26 Å². The molecule has 1 atom stereocenters. The first-order valence-corrected chi connectivity index (χ1v) is 9.17. The number of hydrogen-bond donors (Lipinski definition) is 1. The highest BCUT2D eigenvalue weighted by atomic mass is 16.5. The number of hydrogen-bond acceptors (Lipinski definition) is 6. The van der Waals surface area contributed by atoms with Crippen molar-refractivity contribution >= 4 is 11.5 Å². The van der Waals surface area contributed by atoms with E-state index < -0.39 is 0 Å². The fourth-order valence-electron chi connectivity index (χ4n) is 3.63. The molecule has 1 fully saturated rings. The zero-order valence-electron chi connectivity index (χ0n) is 16.4. The Hall–Kier alpha value is -2.94. The molecule has 1 aromatic carbocycles. The van der Waals surface area contributed by atoms with Gasteiger partial charge in [-0.15, -0.1) is 0 Å². The summed E-state index contributed by atoms with van der Waals surface area (Å²) in [6.45, 7) is 5.66. The maximum Gasteiger partial charge on any atom is 0.162 e. The first kappa shape index (κ1) is 18.8. The van der Waals surface area contributed by atoms with E-state index in [9.17, 15) is 5.26 Å². The minimum atomic E-state index is 0.269. The number of nitrogens with one attached hydrogen (secondary N) is 1. The molecule has 27 heavy (non-hydrogen) atoms. The van der Waals surface area contributed by atoms with Crippen molar-refractivity contribution < 1.29 is 9.47 Å². The first-order chi connectivity index (χ1) is 13.0. The molecule has 2 heterocycles. The molecule has 0 unspecified atom stereocenters. The second-order valence-electron chi connectivity index (χ2n) is 6.89. The molecule has 0 saturated carbocycles. The van der Waals surface area contributed by atoms with Gasteiger partial charge in [-0.25, -0.2) is 4.98 Å². The predicted octanol–water partition coefficient (Wildman–Crippen LogP) is 3.67. The lowest BCUT2D eigenvalue weighted by atomic mass is 10.0. The Morgan fingerprint density at radius 2 is 1.96 bits per heavy atom. The molecule has 0 radical (unpaired) electrons. The highest BCUT2D eigenvalue weighted by molar-refractivity contribution is 5.59. The van der Waals surface area contributed by atoms with Crippen molar-refractivity contribution in [3.05, 3.63) is 41.1 Å². The topological polar surface area (TPSA) is 70.4 Å². The molecule has 6 heteroatoms. The Labute approximate surface area is 160 Å².